The average Bonchev–Trinajstić information content (AvgIpc) is 3.59. The zero-order valence-electron chi connectivity index (χ0n) is 27.9. The van der Waals surface area contributed by atoms with Gasteiger partial charge in [0.25, 0.3) is 0 Å². The number of benzene rings is 9. The van der Waals surface area contributed by atoms with E-state index in [-0.39, 0.29) is 0 Å². The van der Waals surface area contributed by atoms with Gasteiger partial charge in [0.2, 0.25) is 0 Å². The van der Waals surface area contributed by atoms with Gasteiger partial charge < -0.3 is 4.42 Å². The quantitative estimate of drug-likeness (QED) is 0.169. The first-order valence-corrected chi connectivity index (χ1v) is 17.5. The average molecular weight is 649 g/mol. The Morgan fingerprint density at radius 3 is 1.37 bits per heavy atom. The van der Waals surface area contributed by atoms with Crippen molar-refractivity contribution >= 4 is 43.5 Å². The van der Waals surface area contributed by atoms with Gasteiger partial charge in [0.15, 0.2) is 0 Å². The van der Waals surface area contributed by atoms with Crippen molar-refractivity contribution in [2.75, 3.05) is 0 Å². The number of furan rings is 1. The summed E-state index contributed by atoms with van der Waals surface area (Å²) in [5, 5.41) is 7.24. The first-order chi connectivity index (χ1) is 25.3. The maximum atomic E-state index is 6.57. The van der Waals surface area contributed by atoms with E-state index in [1.54, 1.807) is 0 Å². The largest absolute Gasteiger partial charge is 0.456 e. The molecule has 0 spiro atoms. The summed E-state index contributed by atoms with van der Waals surface area (Å²) in [4.78, 5) is 0. The van der Waals surface area contributed by atoms with Crippen LogP contribution in [0.1, 0.15) is 0 Å². The fourth-order valence-corrected chi connectivity index (χ4v) is 8.00. The Morgan fingerprint density at radius 1 is 0.255 bits per heavy atom. The van der Waals surface area contributed by atoms with Crippen LogP contribution in [-0.4, -0.2) is 0 Å². The molecule has 51 heavy (non-hydrogen) atoms. The summed E-state index contributed by atoms with van der Waals surface area (Å²) in [5.74, 6) is 0. The molecule has 0 aliphatic carbocycles. The molecule has 0 radical (unpaired) electrons. The molecule has 0 bridgehead atoms. The summed E-state index contributed by atoms with van der Waals surface area (Å²) >= 11 is 0. The van der Waals surface area contributed by atoms with E-state index in [0.717, 1.165) is 21.9 Å². The monoisotopic (exact) mass is 648 g/mol. The highest BCUT2D eigenvalue weighted by atomic mass is 16.3. The van der Waals surface area contributed by atoms with E-state index in [2.05, 4.69) is 194 Å². The Balaban J connectivity index is 1.18. The van der Waals surface area contributed by atoms with Crippen molar-refractivity contribution in [1.29, 1.82) is 0 Å². The van der Waals surface area contributed by atoms with Crippen LogP contribution in [0.4, 0.5) is 0 Å². The van der Waals surface area contributed by atoms with Crippen molar-refractivity contribution in [1.82, 2.24) is 0 Å². The van der Waals surface area contributed by atoms with Crippen molar-refractivity contribution in [2.24, 2.45) is 0 Å². The first kappa shape index (κ1) is 29.2. The van der Waals surface area contributed by atoms with E-state index < -0.39 is 0 Å². The summed E-state index contributed by atoms with van der Waals surface area (Å²) in [6.45, 7) is 0. The maximum Gasteiger partial charge on any atom is 0.136 e. The third-order valence-corrected chi connectivity index (χ3v) is 10.3. The van der Waals surface area contributed by atoms with Crippen LogP contribution in [0.15, 0.2) is 199 Å². The van der Waals surface area contributed by atoms with Gasteiger partial charge in [-0.2, -0.15) is 0 Å². The molecule has 10 aromatic rings. The molecule has 1 aromatic heterocycles. The van der Waals surface area contributed by atoms with Gasteiger partial charge in [0.1, 0.15) is 11.2 Å². The topological polar surface area (TPSA) is 13.1 Å². The standard InChI is InChI=1S/C50H32O/c1-3-14-33(15-4-1)34-26-28-35(29-27-34)38-18-7-8-19-39(38)40-24-13-25-47-50(40)45-32-37(30-31-46(45)51-47)49-43-22-11-9-20-41(43)48(36-16-5-2-6-17-36)42-21-10-12-23-44(42)49/h1-32H. The highest BCUT2D eigenvalue weighted by Gasteiger charge is 2.19. The number of rotatable bonds is 5. The highest BCUT2D eigenvalue weighted by Crippen LogP contribution is 2.46. The normalized spacial score (nSPS) is 11.5. The van der Waals surface area contributed by atoms with Crippen LogP contribution in [0.5, 0.6) is 0 Å². The number of hydrogen-bond acceptors (Lipinski definition) is 1. The Kier molecular flexibility index (Phi) is 6.89. The van der Waals surface area contributed by atoms with Crippen LogP contribution in [0.2, 0.25) is 0 Å². The molecule has 0 atom stereocenters. The Labute approximate surface area is 296 Å². The van der Waals surface area contributed by atoms with Crippen LogP contribution in [0, 0.1) is 0 Å². The van der Waals surface area contributed by atoms with Crippen LogP contribution < -0.4 is 0 Å². The summed E-state index contributed by atoms with van der Waals surface area (Å²) in [7, 11) is 0. The third-order valence-electron chi connectivity index (χ3n) is 10.3. The minimum atomic E-state index is 0.889. The number of hydrogen-bond donors (Lipinski definition) is 0. The maximum absolute atomic E-state index is 6.57. The lowest BCUT2D eigenvalue weighted by molar-refractivity contribution is 0.669. The second-order valence-electron chi connectivity index (χ2n) is 13.2. The smallest absolute Gasteiger partial charge is 0.136 e. The molecule has 238 valence electrons. The van der Waals surface area contributed by atoms with E-state index in [0.29, 0.717) is 0 Å². The fourth-order valence-electron chi connectivity index (χ4n) is 8.00. The third kappa shape index (κ3) is 4.86. The molecule has 0 fully saturated rings. The molecule has 9 aromatic carbocycles. The Bertz CT molecular complexity index is 2820. The van der Waals surface area contributed by atoms with Gasteiger partial charge in [-0.15, -0.1) is 0 Å². The Morgan fingerprint density at radius 2 is 0.725 bits per heavy atom. The first-order valence-electron chi connectivity index (χ1n) is 17.5. The predicted molar refractivity (Wildman–Crippen MR) is 216 cm³/mol. The SMILES string of the molecule is c1ccc(-c2ccc(-c3ccccc3-c3cccc4oc5ccc(-c6c7ccccc7c(-c7ccccc7)c7ccccc67)cc5c34)cc2)cc1. The molecule has 0 aliphatic rings. The van der Waals surface area contributed by atoms with Crippen molar-refractivity contribution in [3.8, 4) is 55.6 Å². The predicted octanol–water partition coefficient (Wildman–Crippen LogP) is 14.2. The lowest BCUT2D eigenvalue weighted by Gasteiger charge is -2.17. The second-order valence-corrected chi connectivity index (χ2v) is 13.2. The molecule has 0 saturated heterocycles. The zero-order valence-corrected chi connectivity index (χ0v) is 27.9. The van der Waals surface area contributed by atoms with E-state index in [4.69, 9.17) is 4.42 Å². The highest BCUT2D eigenvalue weighted by molar-refractivity contribution is 6.22. The Hall–Kier alpha value is -6.70. The minimum Gasteiger partial charge on any atom is -0.456 e. The van der Waals surface area contributed by atoms with E-state index in [1.807, 2.05) is 0 Å². The van der Waals surface area contributed by atoms with Crippen LogP contribution in [-0.2, 0) is 0 Å². The summed E-state index contributed by atoms with van der Waals surface area (Å²) in [6, 6.07) is 69.8. The summed E-state index contributed by atoms with van der Waals surface area (Å²) in [6.07, 6.45) is 0. The van der Waals surface area contributed by atoms with Gasteiger partial charge >= 0.3 is 0 Å². The molecule has 0 N–H and O–H groups in total. The van der Waals surface area contributed by atoms with Crippen molar-refractivity contribution in [2.45, 2.75) is 0 Å². The van der Waals surface area contributed by atoms with Crippen LogP contribution >= 0.6 is 0 Å². The lowest BCUT2D eigenvalue weighted by Crippen LogP contribution is -1.90. The van der Waals surface area contributed by atoms with Crippen LogP contribution in [0.25, 0.3) is 99.1 Å². The lowest BCUT2D eigenvalue weighted by atomic mass is 9.85. The zero-order chi connectivity index (χ0) is 33.7. The summed E-state index contributed by atoms with van der Waals surface area (Å²) in [5.41, 5.74) is 13.9. The van der Waals surface area contributed by atoms with Gasteiger partial charge in [-0.3, -0.25) is 0 Å². The van der Waals surface area contributed by atoms with E-state index in [9.17, 15) is 0 Å². The van der Waals surface area contributed by atoms with Crippen molar-refractivity contribution in [3.63, 3.8) is 0 Å². The molecular weight excluding hydrogens is 617 g/mol. The molecule has 0 amide bonds. The summed E-state index contributed by atoms with van der Waals surface area (Å²) < 4.78 is 6.57. The molecular formula is C50H32O. The number of fused-ring (bicyclic) bond motifs is 5. The van der Waals surface area contributed by atoms with Gasteiger partial charge in [0, 0.05) is 10.8 Å². The van der Waals surface area contributed by atoms with Gasteiger partial charge in [-0.25, -0.2) is 0 Å². The van der Waals surface area contributed by atoms with E-state index in [1.165, 1.54) is 77.2 Å². The van der Waals surface area contributed by atoms with Crippen molar-refractivity contribution in [3.05, 3.63) is 194 Å². The second kappa shape index (κ2) is 12.0. The van der Waals surface area contributed by atoms with Gasteiger partial charge in [-0.1, -0.05) is 176 Å². The minimum absolute atomic E-state index is 0.889. The van der Waals surface area contributed by atoms with E-state index >= 15 is 0 Å². The molecule has 1 heterocycles. The van der Waals surface area contributed by atoms with Crippen LogP contribution in [0.3, 0.4) is 0 Å². The van der Waals surface area contributed by atoms with Gasteiger partial charge in [-0.05, 0) is 95.4 Å². The molecule has 1 heteroatoms. The molecule has 0 saturated carbocycles. The molecule has 0 aliphatic heterocycles. The molecule has 1 nitrogen and oxygen atoms in total. The molecule has 0 unspecified atom stereocenters. The van der Waals surface area contributed by atoms with Gasteiger partial charge in [0.05, 0.1) is 0 Å². The van der Waals surface area contributed by atoms with Crippen molar-refractivity contribution < 1.29 is 4.42 Å². The molecule has 10 rings (SSSR count). The fraction of sp³-hybridized carbons (Fsp3) is 0.